The SMILES string of the molecule is CC(C)Oc1cccc(C2(O)CCC3(CCCC3)CC2)c1. The number of rotatable bonds is 3. The smallest absolute Gasteiger partial charge is 0.120 e. The molecule has 2 saturated carbocycles. The van der Waals surface area contributed by atoms with E-state index < -0.39 is 5.60 Å². The van der Waals surface area contributed by atoms with Gasteiger partial charge in [-0.1, -0.05) is 25.0 Å². The molecule has 1 spiro atoms. The molecule has 1 N–H and O–H groups in total. The molecule has 0 bridgehead atoms. The molecule has 2 nitrogen and oxygen atoms in total. The molecule has 2 aliphatic rings. The van der Waals surface area contributed by atoms with E-state index in [0.29, 0.717) is 5.41 Å². The molecule has 0 saturated heterocycles. The van der Waals surface area contributed by atoms with Gasteiger partial charge in [-0.15, -0.1) is 0 Å². The van der Waals surface area contributed by atoms with Gasteiger partial charge in [-0.05, 0) is 75.5 Å². The van der Waals surface area contributed by atoms with Gasteiger partial charge in [0.2, 0.25) is 0 Å². The molecule has 0 aromatic heterocycles. The summed E-state index contributed by atoms with van der Waals surface area (Å²) in [7, 11) is 0. The van der Waals surface area contributed by atoms with Gasteiger partial charge in [-0.2, -0.15) is 0 Å². The average Bonchev–Trinajstić information content (AvgIpc) is 2.91. The Labute approximate surface area is 128 Å². The van der Waals surface area contributed by atoms with Crippen LogP contribution in [-0.4, -0.2) is 11.2 Å². The number of hydrogen-bond acceptors (Lipinski definition) is 2. The lowest BCUT2D eigenvalue weighted by Crippen LogP contribution is -2.36. The highest BCUT2D eigenvalue weighted by Gasteiger charge is 2.43. The summed E-state index contributed by atoms with van der Waals surface area (Å²) < 4.78 is 5.77. The lowest BCUT2D eigenvalue weighted by atomic mass is 9.66. The largest absolute Gasteiger partial charge is 0.491 e. The average molecular weight is 288 g/mol. The van der Waals surface area contributed by atoms with Crippen LogP contribution in [0.4, 0.5) is 0 Å². The van der Waals surface area contributed by atoms with Crippen molar-refractivity contribution in [1.29, 1.82) is 0 Å². The molecule has 3 rings (SSSR count). The number of ether oxygens (including phenoxy) is 1. The second kappa shape index (κ2) is 5.64. The fourth-order valence-corrected chi connectivity index (χ4v) is 4.24. The first kappa shape index (κ1) is 14.9. The molecule has 21 heavy (non-hydrogen) atoms. The van der Waals surface area contributed by atoms with E-state index in [1.165, 1.54) is 38.5 Å². The third kappa shape index (κ3) is 3.11. The summed E-state index contributed by atoms with van der Waals surface area (Å²) in [6.07, 6.45) is 9.85. The zero-order valence-electron chi connectivity index (χ0n) is 13.4. The van der Waals surface area contributed by atoms with Crippen molar-refractivity contribution in [2.75, 3.05) is 0 Å². The van der Waals surface area contributed by atoms with Gasteiger partial charge in [-0.3, -0.25) is 0 Å². The second-order valence-corrected chi connectivity index (χ2v) is 7.43. The normalized spacial score (nSPS) is 23.6. The first-order valence-corrected chi connectivity index (χ1v) is 8.51. The third-order valence-electron chi connectivity index (χ3n) is 5.55. The summed E-state index contributed by atoms with van der Waals surface area (Å²) in [6.45, 7) is 4.07. The van der Waals surface area contributed by atoms with Crippen molar-refractivity contribution in [3.05, 3.63) is 29.8 Å². The maximum absolute atomic E-state index is 11.1. The summed E-state index contributed by atoms with van der Waals surface area (Å²) in [4.78, 5) is 0. The number of aliphatic hydroxyl groups is 1. The fourth-order valence-electron chi connectivity index (χ4n) is 4.24. The molecular formula is C19H28O2. The highest BCUT2D eigenvalue weighted by Crippen LogP contribution is 2.53. The molecule has 2 heteroatoms. The Bertz CT molecular complexity index is 476. The van der Waals surface area contributed by atoms with E-state index in [1.54, 1.807) is 0 Å². The third-order valence-corrected chi connectivity index (χ3v) is 5.55. The zero-order valence-corrected chi connectivity index (χ0v) is 13.4. The molecule has 0 radical (unpaired) electrons. The summed E-state index contributed by atoms with van der Waals surface area (Å²) in [5.74, 6) is 0.872. The van der Waals surface area contributed by atoms with Gasteiger partial charge in [-0.25, -0.2) is 0 Å². The van der Waals surface area contributed by atoms with Crippen LogP contribution in [0, 0.1) is 5.41 Å². The van der Waals surface area contributed by atoms with Gasteiger partial charge in [0.15, 0.2) is 0 Å². The van der Waals surface area contributed by atoms with Crippen LogP contribution in [0.2, 0.25) is 0 Å². The van der Waals surface area contributed by atoms with Crippen molar-refractivity contribution in [1.82, 2.24) is 0 Å². The van der Waals surface area contributed by atoms with E-state index in [2.05, 4.69) is 6.07 Å². The molecule has 1 aromatic rings. The van der Waals surface area contributed by atoms with Gasteiger partial charge in [0, 0.05) is 0 Å². The second-order valence-electron chi connectivity index (χ2n) is 7.43. The molecule has 1 aromatic carbocycles. The molecule has 0 atom stereocenters. The van der Waals surface area contributed by atoms with Gasteiger partial charge >= 0.3 is 0 Å². The van der Waals surface area contributed by atoms with Gasteiger partial charge < -0.3 is 9.84 Å². The van der Waals surface area contributed by atoms with E-state index in [4.69, 9.17) is 4.74 Å². The Kier molecular flexibility index (Phi) is 4.00. The first-order valence-electron chi connectivity index (χ1n) is 8.51. The molecule has 0 amide bonds. The Morgan fingerprint density at radius 2 is 1.67 bits per heavy atom. The van der Waals surface area contributed by atoms with E-state index in [0.717, 1.165) is 24.2 Å². The molecule has 0 unspecified atom stereocenters. The van der Waals surface area contributed by atoms with E-state index in [-0.39, 0.29) is 6.10 Å². The number of benzene rings is 1. The Hall–Kier alpha value is -1.02. The van der Waals surface area contributed by atoms with Crippen molar-refractivity contribution in [3.63, 3.8) is 0 Å². The van der Waals surface area contributed by atoms with Gasteiger partial charge in [0.25, 0.3) is 0 Å². The van der Waals surface area contributed by atoms with Crippen LogP contribution in [0.3, 0.4) is 0 Å². The van der Waals surface area contributed by atoms with Crippen molar-refractivity contribution >= 4 is 0 Å². The predicted octanol–water partition coefficient (Wildman–Crippen LogP) is 4.80. The quantitative estimate of drug-likeness (QED) is 0.866. The van der Waals surface area contributed by atoms with Crippen molar-refractivity contribution in [2.45, 2.75) is 76.9 Å². The Morgan fingerprint density at radius 3 is 2.29 bits per heavy atom. The zero-order chi connectivity index (χ0) is 14.9. The maximum atomic E-state index is 11.1. The van der Waals surface area contributed by atoms with E-state index in [9.17, 15) is 5.11 Å². The molecule has 116 valence electrons. The van der Waals surface area contributed by atoms with Crippen LogP contribution >= 0.6 is 0 Å². The molecule has 0 heterocycles. The first-order chi connectivity index (χ1) is 10.0. The summed E-state index contributed by atoms with van der Waals surface area (Å²) in [6, 6.07) is 8.07. The molecule has 2 aliphatic carbocycles. The van der Waals surface area contributed by atoms with Crippen LogP contribution in [0.5, 0.6) is 5.75 Å². The van der Waals surface area contributed by atoms with Gasteiger partial charge in [0.05, 0.1) is 11.7 Å². The summed E-state index contributed by atoms with van der Waals surface area (Å²) in [5.41, 5.74) is 0.941. The topological polar surface area (TPSA) is 29.5 Å². The van der Waals surface area contributed by atoms with Crippen LogP contribution in [0.25, 0.3) is 0 Å². The van der Waals surface area contributed by atoms with Crippen molar-refractivity contribution in [3.8, 4) is 5.75 Å². The van der Waals surface area contributed by atoms with Crippen molar-refractivity contribution < 1.29 is 9.84 Å². The van der Waals surface area contributed by atoms with Crippen molar-refractivity contribution in [2.24, 2.45) is 5.41 Å². The van der Waals surface area contributed by atoms with Crippen LogP contribution in [-0.2, 0) is 5.60 Å². The van der Waals surface area contributed by atoms with E-state index >= 15 is 0 Å². The molecule has 2 fully saturated rings. The minimum Gasteiger partial charge on any atom is -0.491 e. The van der Waals surface area contributed by atoms with E-state index in [1.807, 2.05) is 32.0 Å². The summed E-state index contributed by atoms with van der Waals surface area (Å²) >= 11 is 0. The monoisotopic (exact) mass is 288 g/mol. The maximum Gasteiger partial charge on any atom is 0.120 e. The highest BCUT2D eigenvalue weighted by atomic mass is 16.5. The van der Waals surface area contributed by atoms with Crippen LogP contribution in [0.15, 0.2) is 24.3 Å². The molecular weight excluding hydrogens is 260 g/mol. The number of hydrogen-bond donors (Lipinski definition) is 1. The highest BCUT2D eigenvalue weighted by molar-refractivity contribution is 5.33. The fraction of sp³-hybridized carbons (Fsp3) is 0.684. The minimum atomic E-state index is -0.649. The Balaban J connectivity index is 1.74. The standard InChI is InChI=1S/C19H28O2/c1-15(2)21-17-7-5-6-16(14-17)19(20)12-10-18(11-13-19)8-3-4-9-18/h5-7,14-15,20H,3-4,8-13H2,1-2H3. The molecule has 0 aliphatic heterocycles. The lowest BCUT2D eigenvalue weighted by Gasteiger charge is -2.42. The minimum absolute atomic E-state index is 0.169. The van der Waals surface area contributed by atoms with Crippen LogP contribution in [0.1, 0.15) is 70.8 Å². The van der Waals surface area contributed by atoms with Crippen LogP contribution < -0.4 is 4.74 Å². The van der Waals surface area contributed by atoms with Gasteiger partial charge in [0.1, 0.15) is 5.75 Å². The Morgan fingerprint density at radius 1 is 1.00 bits per heavy atom. The predicted molar refractivity (Wildman–Crippen MR) is 85.5 cm³/mol. The summed E-state index contributed by atoms with van der Waals surface area (Å²) in [5, 5.41) is 11.1. The lowest BCUT2D eigenvalue weighted by molar-refractivity contribution is -0.0378.